The van der Waals surface area contributed by atoms with Gasteiger partial charge in [-0.3, -0.25) is 4.79 Å². The summed E-state index contributed by atoms with van der Waals surface area (Å²) in [6.45, 7) is 2.05. The van der Waals surface area contributed by atoms with Crippen molar-refractivity contribution in [3.63, 3.8) is 0 Å². The van der Waals surface area contributed by atoms with Gasteiger partial charge in [0.25, 0.3) is 5.91 Å². The number of carbonyl (C=O) groups is 1. The Kier molecular flexibility index (Phi) is 4.66. The molecular weight excluding hydrogens is 290 g/mol. The standard InChI is InChI=1S/C15H17NO4S/c1-12-4-5-13(3-2-8-17)11-14(12)15(18)16-6-9-21(19,20)10-7-16/h4-5,11,17H,6-10H2,1H3. The van der Waals surface area contributed by atoms with Crippen LogP contribution in [0.1, 0.15) is 21.5 Å². The highest BCUT2D eigenvalue weighted by molar-refractivity contribution is 7.91. The maximum Gasteiger partial charge on any atom is 0.254 e. The third-order valence-electron chi connectivity index (χ3n) is 3.41. The highest BCUT2D eigenvalue weighted by Crippen LogP contribution is 2.15. The second-order valence-corrected chi connectivity index (χ2v) is 7.24. The fourth-order valence-electron chi connectivity index (χ4n) is 2.16. The number of rotatable bonds is 1. The Hall–Kier alpha value is -1.84. The van der Waals surface area contributed by atoms with E-state index in [9.17, 15) is 13.2 Å². The lowest BCUT2D eigenvalue weighted by Gasteiger charge is -2.27. The molecule has 0 spiro atoms. The molecule has 0 unspecified atom stereocenters. The third kappa shape index (κ3) is 3.84. The molecule has 1 N–H and O–H groups in total. The zero-order chi connectivity index (χ0) is 15.5. The fraction of sp³-hybridized carbons (Fsp3) is 0.400. The van der Waals surface area contributed by atoms with Crippen molar-refractivity contribution in [3.8, 4) is 11.8 Å². The first-order chi connectivity index (χ1) is 9.93. The Bertz CT molecular complexity index is 699. The van der Waals surface area contributed by atoms with Crippen molar-refractivity contribution in [1.82, 2.24) is 4.90 Å². The minimum absolute atomic E-state index is 0.0157. The maximum absolute atomic E-state index is 12.5. The van der Waals surface area contributed by atoms with Crippen LogP contribution in [0.25, 0.3) is 0 Å². The quantitative estimate of drug-likeness (QED) is 0.753. The normalized spacial score (nSPS) is 17.0. The van der Waals surface area contributed by atoms with E-state index < -0.39 is 9.84 Å². The van der Waals surface area contributed by atoms with Crippen molar-refractivity contribution in [3.05, 3.63) is 34.9 Å². The topological polar surface area (TPSA) is 74.7 Å². The minimum Gasteiger partial charge on any atom is -0.384 e. The van der Waals surface area contributed by atoms with Gasteiger partial charge in [-0.05, 0) is 24.6 Å². The first-order valence-electron chi connectivity index (χ1n) is 6.63. The number of sulfone groups is 1. The summed E-state index contributed by atoms with van der Waals surface area (Å²) in [5.74, 6) is 5.17. The molecule has 1 aromatic carbocycles. The molecular formula is C15H17NO4S. The molecule has 1 aromatic rings. The van der Waals surface area contributed by atoms with Crippen LogP contribution in [0.3, 0.4) is 0 Å². The van der Waals surface area contributed by atoms with E-state index in [1.165, 1.54) is 0 Å². The molecule has 0 aliphatic carbocycles. The second kappa shape index (κ2) is 6.29. The van der Waals surface area contributed by atoms with E-state index in [0.717, 1.165) is 5.56 Å². The number of aryl methyl sites for hydroxylation is 1. The van der Waals surface area contributed by atoms with Crippen molar-refractivity contribution < 1.29 is 18.3 Å². The van der Waals surface area contributed by atoms with Crippen LogP contribution in [-0.4, -0.2) is 55.5 Å². The van der Waals surface area contributed by atoms with Crippen molar-refractivity contribution in [2.24, 2.45) is 0 Å². The average Bonchev–Trinajstić information content (AvgIpc) is 2.46. The summed E-state index contributed by atoms with van der Waals surface area (Å²) in [7, 11) is -3.01. The van der Waals surface area contributed by atoms with E-state index in [1.807, 2.05) is 6.92 Å². The van der Waals surface area contributed by atoms with Crippen LogP contribution in [0.5, 0.6) is 0 Å². The van der Waals surface area contributed by atoms with Crippen LogP contribution < -0.4 is 0 Å². The van der Waals surface area contributed by atoms with Gasteiger partial charge in [0.15, 0.2) is 9.84 Å². The van der Waals surface area contributed by atoms with E-state index in [4.69, 9.17) is 5.11 Å². The van der Waals surface area contributed by atoms with Crippen molar-refractivity contribution in [1.29, 1.82) is 0 Å². The lowest BCUT2D eigenvalue weighted by Crippen LogP contribution is -2.43. The molecule has 112 valence electrons. The predicted molar refractivity (Wildman–Crippen MR) is 79.7 cm³/mol. The summed E-state index contributed by atoms with van der Waals surface area (Å²) < 4.78 is 22.8. The van der Waals surface area contributed by atoms with Gasteiger partial charge in [0.05, 0.1) is 11.5 Å². The number of hydrogen-bond acceptors (Lipinski definition) is 4. The fourth-order valence-corrected chi connectivity index (χ4v) is 3.36. The van der Waals surface area contributed by atoms with Crippen LogP contribution in [0.2, 0.25) is 0 Å². The summed E-state index contributed by atoms with van der Waals surface area (Å²) in [5.41, 5.74) is 2.00. The lowest BCUT2D eigenvalue weighted by molar-refractivity contribution is 0.0769. The van der Waals surface area contributed by atoms with E-state index in [1.54, 1.807) is 23.1 Å². The highest BCUT2D eigenvalue weighted by Gasteiger charge is 2.26. The molecule has 0 aromatic heterocycles. The summed E-state index contributed by atoms with van der Waals surface area (Å²) in [6, 6.07) is 5.27. The average molecular weight is 307 g/mol. The Morgan fingerprint density at radius 2 is 2.00 bits per heavy atom. The summed E-state index contributed by atoms with van der Waals surface area (Å²) in [5, 5.41) is 8.71. The number of hydrogen-bond donors (Lipinski definition) is 1. The van der Waals surface area contributed by atoms with Gasteiger partial charge in [0.2, 0.25) is 0 Å². The van der Waals surface area contributed by atoms with Gasteiger partial charge in [-0.15, -0.1) is 0 Å². The molecule has 1 aliphatic heterocycles. The first kappa shape index (κ1) is 15.5. The Balaban J connectivity index is 2.23. The number of aliphatic hydroxyl groups excluding tert-OH is 1. The van der Waals surface area contributed by atoms with Crippen molar-refractivity contribution in [2.45, 2.75) is 6.92 Å². The van der Waals surface area contributed by atoms with Crippen molar-refractivity contribution in [2.75, 3.05) is 31.2 Å². The predicted octanol–water partition coefficient (Wildman–Crippen LogP) is 0.209. The van der Waals surface area contributed by atoms with Gasteiger partial charge in [-0.25, -0.2) is 8.42 Å². The second-order valence-electron chi connectivity index (χ2n) is 4.93. The summed E-state index contributed by atoms with van der Waals surface area (Å²) in [6.07, 6.45) is 0. The van der Waals surface area contributed by atoms with Gasteiger partial charge in [0.1, 0.15) is 6.61 Å². The molecule has 1 heterocycles. The van der Waals surface area contributed by atoms with Crippen molar-refractivity contribution >= 4 is 15.7 Å². The number of benzene rings is 1. The lowest BCUT2D eigenvalue weighted by atomic mass is 10.0. The molecule has 0 atom stereocenters. The van der Waals surface area contributed by atoms with Crippen LogP contribution in [0.15, 0.2) is 18.2 Å². The molecule has 6 heteroatoms. The van der Waals surface area contributed by atoms with Gasteiger partial charge in [-0.1, -0.05) is 17.9 Å². The monoisotopic (exact) mass is 307 g/mol. The van der Waals surface area contributed by atoms with Crippen LogP contribution in [0, 0.1) is 18.8 Å². The van der Waals surface area contributed by atoms with Gasteiger partial charge < -0.3 is 10.0 Å². The Morgan fingerprint density at radius 3 is 2.62 bits per heavy atom. The summed E-state index contributed by atoms with van der Waals surface area (Å²) in [4.78, 5) is 14.1. The SMILES string of the molecule is Cc1ccc(C#CCO)cc1C(=O)N1CCS(=O)(=O)CC1. The molecule has 2 rings (SSSR count). The van der Waals surface area contributed by atoms with Gasteiger partial charge in [-0.2, -0.15) is 0 Å². The Morgan fingerprint density at radius 1 is 1.33 bits per heavy atom. The molecule has 1 amide bonds. The van der Waals surface area contributed by atoms with Crippen LogP contribution in [-0.2, 0) is 9.84 Å². The first-order valence-corrected chi connectivity index (χ1v) is 8.45. The van der Waals surface area contributed by atoms with E-state index >= 15 is 0 Å². The van der Waals surface area contributed by atoms with Crippen LogP contribution in [0.4, 0.5) is 0 Å². The van der Waals surface area contributed by atoms with Gasteiger partial charge in [0, 0.05) is 24.2 Å². The molecule has 0 bridgehead atoms. The largest absolute Gasteiger partial charge is 0.384 e. The van der Waals surface area contributed by atoms with E-state index in [-0.39, 0.29) is 37.1 Å². The molecule has 0 saturated carbocycles. The number of carbonyl (C=O) groups excluding carboxylic acids is 1. The molecule has 1 saturated heterocycles. The smallest absolute Gasteiger partial charge is 0.254 e. The zero-order valence-electron chi connectivity index (χ0n) is 11.8. The van der Waals surface area contributed by atoms with E-state index in [2.05, 4.69) is 11.8 Å². The van der Waals surface area contributed by atoms with E-state index in [0.29, 0.717) is 11.1 Å². The highest BCUT2D eigenvalue weighted by atomic mass is 32.2. The Labute approximate surface area is 124 Å². The number of aliphatic hydroxyl groups is 1. The molecule has 0 radical (unpaired) electrons. The summed E-state index contributed by atoms with van der Waals surface area (Å²) >= 11 is 0. The molecule has 21 heavy (non-hydrogen) atoms. The number of nitrogens with zero attached hydrogens (tertiary/aromatic N) is 1. The molecule has 5 nitrogen and oxygen atoms in total. The number of amides is 1. The van der Waals surface area contributed by atoms with Gasteiger partial charge >= 0.3 is 0 Å². The third-order valence-corrected chi connectivity index (χ3v) is 5.02. The minimum atomic E-state index is -3.01. The maximum atomic E-state index is 12.5. The zero-order valence-corrected chi connectivity index (χ0v) is 12.6. The molecule has 1 aliphatic rings. The van der Waals surface area contributed by atoms with Crippen LogP contribution >= 0.6 is 0 Å². The molecule has 1 fully saturated rings.